The highest BCUT2D eigenvalue weighted by molar-refractivity contribution is 7.80. The van der Waals surface area contributed by atoms with E-state index in [0.717, 1.165) is 22.9 Å². The highest BCUT2D eigenvalue weighted by Crippen LogP contribution is 2.47. The van der Waals surface area contributed by atoms with Gasteiger partial charge in [-0.3, -0.25) is 4.98 Å². The van der Waals surface area contributed by atoms with Crippen LogP contribution >= 0.6 is 12.2 Å². The maximum Gasteiger partial charge on any atom is 0.174 e. The van der Waals surface area contributed by atoms with Crippen LogP contribution in [0.3, 0.4) is 0 Å². The summed E-state index contributed by atoms with van der Waals surface area (Å²) in [6, 6.07) is 14.6. The Labute approximate surface area is 206 Å². The molecule has 34 heavy (non-hydrogen) atoms. The van der Waals surface area contributed by atoms with E-state index in [2.05, 4.69) is 40.8 Å². The number of benzene rings is 1. The number of thiocarbonyl (C=S) groups is 1. The maximum absolute atomic E-state index is 5.94. The van der Waals surface area contributed by atoms with Crippen LogP contribution in [0.15, 0.2) is 48.7 Å². The van der Waals surface area contributed by atoms with Gasteiger partial charge in [0.05, 0.1) is 37.7 Å². The van der Waals surface area contributed by atoms with E-state index in [4.69, 9.17) is 26.7 Å². The molecule has 5 rings (SSSR count). The molecule has 0 radical (unpaired) electrons. The first-order valence-corrected chi connectivity index (χ1v) is 12.3. The van der Waals surface area contributed by atoms with Gasteiger partial charge in [0.25, 0.3) is 0 Å². The highest BCUT2D eigenvalue weighted by Gasteiger charge is 2.43. The molecule has 0 amide bonds. The largest absolute Gasteiger partial charge is 0.497 e. The SMILES string of the molecule is COc1ccc(OC)c(N2C(=S)N[C@H](c3ccccn3)[C@H]2c2cc(C)n(C3CCCC3)c2C)c1. The van der Waals surface area contributed by atoms with Crippen molar-refractivity contribution in [2.75, 3.05) is 19.1 Å². The number of aryl methyl sites for hydroxylation is 1. The maximum atomic E-state index is 5.94. The first-order valence-electron chi connectivity index (χ1n) is 11.9. The molecule has 3 heterocycles. The van der Waals surface area contributed by atoms with Crippen molar-refractivity contribution in [3.8, 4) is 11.5 Å². The number of pyridine rings is 1. The second-order valence-corrected chi connectivity index (χ2v) is 9.56. The Morgan fingerprint density at radius 1 is 1.03 bits per heavy atom. The molecule has 2 fully saturated rings. The molecule has 1 aliphatic heterocycles. The fourth-order valence-corrected chi connectivity index (χ4v) is 6.08. The molecule has 0 bridgehead atoms. The van der Waals surface area contributed by atoms with Crippen molar-refractivity contribution in [2.24, 2.45) is 0 Å². The van der Waals surface area contributed by atoms with Crippen LogP contribution in [0.5, 0.6) is 11.5 Å². The molecule has 0 unspecified atom stereocenters. The van der Waals surface area contributed by atoms with Gasteiger partial charge in [0.1, 0.15) is 11.5 Å². The Hall–Kier alpha value is -3.06. The van der Waals surface area contributed by atoms with Gasteiger partial charge < -0.3 is 24.3 Å². The number of methoxy groups -OCH3 is 2. The Morgan fingerprint density at radius 2 is 1.82 bits per heavy atom. The van der Waals surface area contributed by atoms with Crippen molar-refractivity contribution in [3.63, 3.8) is 0 Å². The molecular formula is C27H32N4O2S. The molecule has 6 nitrogen and oxygen atoms in total. The topological polar surface area (TPSA) is 51.6 Å². The van der Waals surface area contributed by atoms with Crippen molar-refractivity contribution in [3.05, 3.63) is 71.3 Å². The zero-order valence-corrected chi connectivity index (χ0v) is 21.1. The lowest BCUT2D eigenvalue weighted by atomic mass is 9.96. The molecule has 2 aliphatic rings. The van der Waals surface area contributed by atoms with Crippen molar-refractivity contribution < 1.29 is 9.47 Å². The van der Waals surface area contributed by atoms with Crippen LogP contribution in [0.4, 0.5) is 5.69 Å². The summed E-state index contributed by atoms with van der Waals surface area (Å²) in [5.74, 6) is 1.51. The van der Waals surface area contributed by atoms with E-state index in [-0.39, 0.29) is 12.1 Å². The quantitative estimate of drug-likeness (QED) is 0.453. The van der Waals surface area contributed by atoms with Crippen LogP contribution in [0.1, 0.15) is 66.5 Å². The number of rotatable bonds is 6. The predicted molar refractivity (Wildman–Crippen MR) is 139 cm³/mol. The lowest BCUT2D eigenvalue weighted by Gasteiger charge is -2.29. The van der Waals surface area contributed by atoms with Gasteiger partial charge in [0.2, 0.25) is 0 Å². The van der Waals surface area contributed by atoms with Gasteiger partial charge in [-0.05, 0) is 74.8 Å². The van der Waals surface area contributed by atoms with Crippen LogP contribution in [0.2, 0.25) is 0 Å². The number of anilines is 1. The fraction of sp³-hybridized carbons (Fsp3) is 0.407. The second kappa shape index (κ2) is 9.29. The summed E-state index contributed by atoms with van der Waals surface area (Å²) in [7, 11) is 3.37. The average molecular weight is 477 g/mol. The van der Waals surface area contributed by atoms with Crippen molar-refractivity contribution in [1.82, 2.24) is 14.9 Å². The van der Waals surface area contributed by atoms with E-state index in [1.54, 1.807) is 14.2 Å². The van der Waals surface area contributed by atoms with E-state index in [0.29, 0.717) is 11.2 Å². The van der Waals surface area contributed by atoms with Crippen LogP contribution < -0.4 is 19.7 Å². The molecule has 1 aromatic carbocycles. The summed E-state index contributed by atoms with van der Waals surface area (Å²) in [4.78, 5) is 6.88. The van der Waals surface area contributed by atoms with Gasteiger partial charge in [0, 0.05) is 29.7 Å². The molecule has 2 atom stereocenters. The Balaban J connectivity index is 1.68. The predicted octanol–water partition coefficient (Wildman–Crippen LogP) is 5.81. The molecule has 7 heteroatoms. The normalized spacial score (nSPS) is 20.6. The number of nitrogens with zero attached hydrogens (tertiary/aromatic N) is 3. The summed E-state index contributed by atoms with van der Waals surface area (Å²) in [6.45, 7) is 4.47. The van der Waals surface area contributed by atoms with E-state index >= 15 is 0 Å². The number of aromatic nitrogens is 2. The van der Waals surface area contributed by atoms with E-state index in [1.807, 2.05) is 36.5 Å². The minimum Gasteiger partial charge on any atom is -0.497 e. The Morgan fingerprint density at radius 3 is 2.50 bits per heavy atom. The van der Waals surface area contributed by atoms with Crippen LogP contribution in [0.25, 0.3) is 0 Å². The van der Waals surface area contributed by atoms with Crippen molar-refractivity contribution in [2.45, 2.75) is 57.7 Å². The molecule has 1 N–H and O–H groups in total. The number of hydrogen-bond acceptors (Lipinski definition) is 4. The number of ether oxygens (including phenoxy) is 2. The summed E-state index contributed by atoms with van der Waals surface area (Å²) in [5, 5.41) is 4.22. The van der Waals surface area contributed by atoms with Gasteiger partial charge in [-0.2, -0.15) is 0 Å². The molecule has 3 aromatic rings. The van der Waals surface area contributed by atoms with Gasteiger partial charge in [-0.1, -0.05) is 18.9 Å². The van der Waals surface area contributed by atoms with Crippen molar-refractivity contribution in [1.29, 1.82) is 0 Å². The van der Waals surface area contributed by atoms with E-state index in [9.17, 15) is 0 Å². The van der Waals surface area contributed by atoms with E-state index in [1.165, 1.54) is 42.6 Å². The highest BCUT2D eigenvalue weighted by atomic mass is 32.1. The molecule has 0 spiro atoms. The minimum atomic E-state index is -0.0952. The Bertz CT molecular complexity index is 1190. The first-order chi connectivity index (χ1) is 16.5. The van der Waals surface area contributed by atoms with Gasteiger partial charge in [-0.25, -0.2) is 0 Å². The molecule has 1 aliphatic carbocycles. The van der Waals surface area contributed by atoms with Crippen LogP contribution in [-0.2, 0) is 0 Å². The third-order valence-corrected chi connectivity index (χ3v) is 7.59. The van der Waals surface area contributed by atoms with Gasteiger partial charge in [0.15, 0.2) is 5.11 Å². The average Bonchev–Trinajstić information content (AvgIpc) is 3.57. The fourth-order valence-electron chi connectivity index (χ4n) is 5.74. The molecule has 1 saturated heterocycles. The van der Waals surface area contributed by atoms with Crippen LogP contribution in [-0.4, -0.2) is 28.9 Å². The zero-order chi connectivity index (χ0) is 23.8. The first kappa shape index (κ1) is 22.7. The van der Waals surface area contributed by atoms with Crippen LogP contribution in [0, 0.1) is 13.8 Å². The summed E-state index contributed by atoms with van der Waals surface area (Å²) in [5.41, 5.74) is 5.71. The standard InChI is InChI=1S/C27H32N4O2S/c1-17-15-21(18(2)30(17)19-9-5-6-10-19)26-25(22-11-7-8-14-28-22)29-27(34)31(26)23-16-20(32-3)12-13-24(23)33-4/h7-8,11-16,19,25-26H,5-6,9-10H2,1-4H3,(H,29,34)/t25-,26-/m1/s1. The lowest BCUT2D eigenvalue weighted by molar-refractivity contribution is 0.402. The smallest absolute Gasteiger partial charge is 0.174 e. The van der Waals surface area contributed by atoms with E-state index < -0.39 is 0 Å². The van der Waals surface area contributed by atoms with Crippen molar-refractivity contribution >= 4 is 23.0 Å². The summed E-state index contributed by atoms with van der Waals surface area (Å²) in [6.07, 6.45) is 6.93. The molecular weight excluding hydrogens is 444 g/mol. The lowest BCUT2D eigenvalue weighted by Crippen LogP contribution is -2.30. The number of hydrogen-bond donors (Lipinski definition) is 1. The monoisotopic (exact) mass is 476 g/mol. The third-order valence-electron chi connectivity index (χ3n) is 7.28. The second-order valence-electron chi connectivity index (χ2n) is 9.17. The molecule has 178 valence electrons. The molecule has 1 saturated carbocycles. The number of nitrogens with one attached hydrogen (secondary N) is 1. The zero-order valence-electron chi connectivity index (χ0n) is 20.2. The summed E-state index contributed by atoms with van der Waals surface area (Å²) < 4.78 is 13.9. The van der Waals surface area contributed by atoms with Gasteiger partial charge >= 0.3 is 0 Å². The summed E-state index contributed by atoms with van der Waals surface area (Å²) >= 11 is 5.94. The minimum absolute atomic E-state index is 0.0789. The Kier molecular flexibility index (Phi) is 6.21. The van der Waals surface area contributed by atoms with Gasteiger partial charge in [-0.15, -0.1) is 0 Å². The molecule has 2 aromatic heterocycles. The third kappa shape index (κ3) is 3.82.